The highest BCUT2D eigenvalue weighted by Crippen LogP contribution is 2.14. The Hall–Kier alpha value is -3.37. The van der Waals surface area contributed by atoms with Crippen LogP contribution in [-0.4, -0.2) is 35.6 Å². The smallest absolute Gasteiger partial charge is 0.267 e. The summed E-state index contributed by atoms with van der Waals surface area (Å²) in [5.41, 5.74) is 1.81. The first-order chi connectivity index (χ1) is 14.3. The number of sulfonamides is 1. The molecule has 0 saturated heterocycles. The molecule has 2 heterocycles. The Kier molecular flexibility index (Phi) is 6.38. The summed E-state index contributed by atoms with van der Waals surface area (Å²) in [4.78, 5) is 28.7. The number of pyridine rings is 1. The van der Waals surface area contributed by atoms with E-state index in [-0.39, 0.29) is 16.4 Å². The Labute approximate surface area is 173 Å². The van der Waals surface area contributed by atoms with E-state index in [1.54, 1.807) is 49.6 Å². The second-order valence-corrected chi connectivity index (χ2v) is 8.20. The molecule has 10 heteroatoms. The van der Waals surface area contributed by atoms with Gasteiger partial charge in [-0.25, -0.2) is 18.2 Å². The van der Waals surface area contributed by atoms with E-state index >= 15 is 0 Å². The predicted octanol–water partition coefficient (Wildman–Crippen LogP) is 0.873. The van der Waals surface area contributed by atoms with Gasteiger partial charge in [0.05, 0.1) is 10.6 Å². The van der Waals surface area contributed by atoms with Crippen LogP contribution in [-0.2, 0) is 21.2 Å². The van der Waals surface area contributed by atoms with E-state index in [0.29, 0.717) is 18.7 Å². The third-order valence-corrected chi connectivity index (χ3v) is 5.44. The molecule has 9 nitrogen and oxygen atoms in total. The molecule has 3 N–H and O–H groups in total. The summed E-state index contributed by atoms with van der Waals surface area (Å²) in [5.74, 6) is -0.349. The van der Waals surface area contributed by atoms with Crippen molar-refractivity contribution in [1.29, 1.82) is 0 Å². The van der Waals surface area contributed by atoms with Gasteiger partial charge in [0.2, 0.25) is 15.9 Å². The highest BCUT2D eigenvalue weighted by molar-refractivity contribution is 7.89. The van der Waals surface area contributed by atoms with Crippen molar-refractivity contribution in [2.45, 2.75) is 24.3 Å². The van der Waals surface area contributed by atoms with Gasteiger partial charge in [0.15, 0.2) is 0 Å². The highest BCUT2D eigenvalue weighted by atomic mass is 32.2. The van der Waals surface area contributed by atoms with Crippen molar-refractivity contribution in [2.24, 2.45) is 5.14 Å². The van der Waals surface area contributed by atoms with Crippen molar-refractivity contribution in [1.82, 2.24) is 20.1 Å². The summed E-state index contributed by atoms with van der Waals surface area (Å²) in [6.45, 7) is 1.91. The SMILES string of the molecule is CC(C(=O)NCCc1ccc(S(N)(=O)=O)cc1)n1nc(-c2ccncc2)ccc1=O. The molecule has 1 unspecified atom stereocenters. The number of hydrogen-bond donors (Lipinski definition) is 2. The Bertz CT molecular complexity index is 1190. The number of benzene rings is 1. The van der Waals surface area contributed by atoms with Crippen molar-refractivity contribution < 1.29 is 13.2 Å². The van der Waals surface area contributed by atoms with Crippen molar-refractivity contribution in [3.05, 3.63) is 76.8 Å². The van der Waals surface area contributed by atoms with E-state index in [0.717, 1.165) is 15.8 Å². The van der Waals surface area contributed by atoms with Crippen LogP contribution in [0, 0.1) is 0 Å². The predicted molar refractivity (Wildman–Crippen MR) is 111 cm³/mol. The fourth-order valence-corrected chi connectivity index (χ4v) is 3.33. The van der Waals surface area contributed by atoms with E-state index in [2.05, 4.69) is 15.4 Å². The largest absolute Gasteiger partial charge is 0.354 e. The van der Waals surface area contributed by atoms with Crippen molar-refractivity contribution in [3.63, 3.8) is 0 Å². The summed E-state index contributed by atoms with van der Waals surface area (Å²) < 4.78 is 23.7. The molecule has 0 spiro atoms. The number of rotatable bonds is 7. The van der Waals surface area contributed by atoms with Crippen LogP contribution >= 0.6 is 0 Å². The second-order valence-electron chi connectivity index (χ2n) is 6.64. The van der Waals surface area contributed by atoms with Crippen molar-refractivity contribution in [3.8, 4) is 11.3 Å². The molecule has 3 aromatic rings. The van der Waals surface area contributed by atoms with E-state index in [9.17, 15) is 18.0 Å². The number of primary sulfonamides is 1. The quantitative estimate of drug-likeness (QED) is 0.574. The van der Waals surface area contributed by atoms with E-state index in [1.165, 1.54) is 18.2 Å². The zero-order chi connectivity index (χ0) is 21.7. The monoisotopic (exact) mass is 427 g/mol. The van der Waals surface area contributed by atoms with Gasteiger partial charge in [-0.3, -0.25) is 14.6 Å². The fraction of sp³-hybridized carbons (Fsp3) is 0.200. The highest BCUT2D eigenvalue weighted by Gasteiger charge is 2.17. The normalized spacial score (nSPS) is 12.3. The van der Waals surface area contributed by atoms with Gasteiger partial charge in [0.25, 0.3) is 5.56 Å². The number of hydrogen-bond acceptors (Lipinski definition) is 6. The van der Waals surface area contributed by atoms with Crippen LogP contribution in [0.3, 0.4) is 0 Å². The molecule has 0 aliphatic carbocycles. The molecule has 156 valence electrons. The minimum absolute atomic E-state index is 0.0310. The van der Waals surface area contributed by atoms with Crippen molar-refractivity contribution >= 4 is 15.9 Å². The lowest BCUT2D eigenvalue weighted by molar-refractivity contribution is -0.124. The number of aromatic nitrogens is 3. The molecule has 1 atom stereocenters. The molecule has 1 amide bonds. The Balaban J connectivity index is 1.64. The molecule has 0 aliphatic heterocycles. The van der Waals surface area contributed by atoms with Crippen LogP contribution in [0.1, 0.15) is 18.5 Å². The van der Waals surface area contributed by atoms with Gasteiger partial charge in [-0.15, -0.1) is 0 Å². The minimum Gasteiger partial charge on any atom is -0.354 e. The molecular weight excluding hydrogens is 406 g/mol. The Morgan fingerprint density at radius 3 is 2.40 bits per heavy atom. The molecule has 2 aromatic heterocycles. The third kappa shape index (κ3) is 5.16. The summed E-state index contributed by atoms with van der Waals surface area (Å²) in [7, 11) is -3.74. The third-order valence-electron chi connectivity index (χ3n) is 4.51. The number of amides is 1. The van der Waals surface area contributed by atoms with Crippen LogP contribution < -0.4 is 16.0 Å². The van der Waals surface area contributed by atoms with Crippen LogP contribution in [0.4, 0.5) is 0 Å². The maximum Gasteiger partial charge on any atom is 0.267 e. The van der Waals surface area contributed by atoms with Gasteiger partial charge < -0.3 is 5.32 Å². The minimum atomic E-state index is -3.74. The van der Waals surface area contributed by atoms with Gasteiger partial charge in [-0.1, -0.05) is 12.1 Å². The summed E-state index contributed by atoms with van der Waals surface area (Å²) in [5, 5.41) is 12.2. The van der Waals surface area contributed by atoms with Gasteiger partial charge in [0, 0.05) is 30.6 Å². The average Bonchev–Trinajstić information content (AvgIpc) is 2.74. The van der Waals surface area contributed by atoms with Gasteiger partial charge in [0.1, 0.15) is 6.04 Å². The fourth-order valence-electron chi connectivity index (χ4n) is 2.81. The summed E-state index contributed by atoms with van der Waals surface area (Å²) >= 11 is 0. The Morgan fingerprint density at radius 1 is 1.10 bits per heavy atom. The van der Waals surface area contributed by atoms with Crippen LogP contribution in [0.2, 0.25) is 0 Å². The molecule has 0 fully saturated rings. The van der Waals surface area contributed by atoms with Crippen molar-refractivity contribution in [2.75, 3.05) is 6.54 Å². The van der Waals surface area contributed by atoms with Gasteiger partial charge in [-0.2, -0.15) is 5.10 Å². The van der Waals surface area contributed by atoms with E-state index in [1.807, 2.05) is 0 Å². The number of nitrogens with two attached hydrogens (primary N) is 1. The number of carbonyl (C=O) groups excluding carboxylic acids is 1. The average molecular weight is 427 g/mol. The first kappa shape index (κ1) is 21.3. The Morgan fingerprint density at radius 2 is 1.77 bits per heavy atom. The van der Waals surface area contributed by atoms with Crippen LogP contribution in [0.15, 0.2) is 70.6 Å². The summed E-state index contributed by atoms with van der Waals surface area (Å²) in [6.07, 6.45) is 3.74. The molecule has 1 aromatic carbocycles. The second kappa shape index (κ2) is 8.97. The van der Waals surface area contributed by atoms with Crippen LogP contribution in [0.25, 0.3) is 11.3 Å². The number of nitrogens with zero attached hydrogens (tertiary/aromatic N) is 3. The molecule has 0 radical (unpaired) electrons. The van der Waals surface area contributed by atoms with Gasteiger partial charge >= 0.3 is 0 Å². The molecule has 0 bridgehead atoms. The zero-order valence-corrected chi connectivity index (χ0v) is 17.0. The van der Waals surface area contributed by atoms with E-state index in [4.69, 9.17) is 5.14 Å². The first-order valence-electron chi connectivity index (χ1n) is 9.15. The van der Waals surface area contributed by atoms with Gasteiger partial charge in [-0.05, 0) is 49.2 Å². The molecule has 0 aliphatic rings. The maximum absolute atomic E-state index is 12.5. The molecule has 3 rings (SSSR count). The first-order valence-corrected chi connectivity index (χ1v) is 10.7. The van der Waals surface area contributed by atoms with Crippen LogP contribution in [0.5, 0.6) is 0 Å². The summed E-state index contributed by atoms with van der Waals surface area (Å²) in [6, 6.07) is 11.8. The molecular formula is C20H21N5O4S. The maximum atomic E-state index is 12.5. The lowest BCUT2D eigenvalue weighted by Crippen LogP contribution is -2.37. The number of nitrogens with one attached hydrogen (secondary N) is 1. The topological polar surface area (TPSA) is 137 Å². The molecule has 30 heavy (non-hydrogen) atoms. The lowest BCUT2D eigenvalue weighted by Gasteiger charge is -2.15. The number of carbonyl (C=O) groups is 1. The van der Waals surface area contributed by atoms with E-state index < -0.39 is 16.1 Å². The molecule has 0 saturated carbocycles. The zero-order valence-electron chi connectivity index (χ0n) is 16.2. The lowest BCUT2D eigenvalue weighted by atomic mass is 10.1. The standard InChI is InChI=1S/C20H21N5O4S/c1-14(25-19(26)7-6-18(24-25)16-9-11-22-12-10-16)20(27)23-13-8-15-2-4-17(5-3-15)30(21,28)29/h2-7,9-12,14H,8,13H2,1H3,(H,23,27)(H2,21,28,29).